The van der Waals surface area contributed by atoms with Crippen LogP contribution in [0.15, 0.2) is 54.2 Å². The zero-order valence-electron chi connectivity index (χ0n) is 10.8. The number of nitrogens with two attached hydrogens (primary N) is 1. The Hall–Kier alpha value is -2.11. The Bertz CT molecular complexity index is 673. The lowest BCUT2D eigenvalue weighted by Crippen LogP contribution is -2.09. The largest absolute Gasteiger partial charge is 0.399 e. The van der Waals surface area contributed by atoms with Crippen LogP contribution in [0.4, 0.5) is 5.69 Å². The van der Waals surface area contributed by atoms with Crippen molar-refractivity contribution in [3.63, 3.8) is 0 Å². The first-order valence-corrected chi connectivity index (χ1v) is 7.20. The maximum Gasteiger partial charge on any atom is 0.150 e. The molecule has 3 N–H and O–H groups in total. The predicted octanol–water partition coefficient (Wildman–Crippen LogP) is 2.93. The van der Waals surface area contributed by atoms with Crippen molar-refractivity contribution in [3.05, 3.63) is 59.7 Å². The molecule has 1 atom stereocenters. The number of nitrogen functional groups attached to an aromatic ring is 1. The first-order valence-electron chi connectivity index (χ1n) is 6.32. The van der Waals surface area contributed by atoms with Crippen LogP contribution in [-0.2, 0) is 6.54 Å². The second kappa shape index (κ2) is 5.48. The standard InChI is InChI=1S/C15H15N3OS/c16-12-5-3-11(4-6-12)13(19)10-18-8-7-17-15(18)14-2-1-9-20-14/h1-9,13,19H,10,16H2. The number of thiophene rings is 1. The lowest BCUT2D eigenvalue weighted by atomic mass is 10.1. The third-order valence-corrected chi connectivity index (χ3v) is 4.01. The zero-order valence-corrected chi connectivity index (χ0v) is 11.6. The highest BCUT2D eigenvalue weighted by Gasteiger charge is 2.12. The summed E-state index contributed by atoms with van der Waals surface area (Å²) in [4.78, 5) is 5.46. The number of aromatic nitrogens is 2. The monoisotopic (exact) mass is 285 g/mol. The highest BCUT2D eigenvalue weighted by atomic mass is 32.1. The molecular formula is C15H15N3OS. The summed E-state index contributed by atoms with van der Waals surface area (Å²) in [6.45, 7) is 0.469. The molecule has 1 unspecified atom stereocenters. The minimum Gasteiger partial charge on any atom is -0.399 e. The van der Waals surface area contributed by atoms with Gasteiger partial charge in [0.15, 0.2) is 0 Å². The third-order valence-electron chi connectivity index (χ3n) is 3.15. The molecule has 0 radical (unpaired) electrons. The molecule has 2 heterocycles. The predicted molar refractivity (Wildman–Crippen MR) is 81.4 cm³/mol. The van der Waals surface area contributed by atoms with Gasteiger partial charge >= 0.3 is 0 Å². The summed E-state index contributed by atoms with van der Waals surface area (Å²) in [5, 5.41) is 12.3. The number of nitrogens with zero attached hydrogens (tertiary/aromatic N) is 2. The van der Waals surface area contributed by atoms with Crippen molar-refractivity contribution in [2.75, 3.05) is 5.73 Å². The molecule has 0 spiro atoms. The van der Waals surface area contributed by atoms with Crippen molar-refractivity contribution >= 4 is 17.0 Å². The fourth-order valence-electron chi connectivity index (χ4n) is 2.10. The van der Waals surface area contributed by atoms with E-state index in [0.29, 0.717) is 12.2 Å². The van der Waals surface area contributed by atoms with E-state index in [-0.39, 0.29) is 0 Å². The maximum atomic E-state index is 10.3. The van der Waals surface area contributed by atoms with Gasteiger partial charge in [-0.25, -0.2) is 4.98 Å². The number of benzene rings is 1. The molecule has 4 nitrogen and oxygen atoms in total. The number of aliphatic hydroxyl groups is 1. The summed E-state index contributed by atoms with van der Waals surface area (Å²) >= 11 is 1.64. The van der Waals surface area contributed by atoms with E-state index in [9.17, 15) is 5.11 Å². The Morgan fingerprint density at radius 1 is 1.25 bits per heavy atom. The summed E-state index contributed by atoms with van der Waals surface area (Å²) in [6, 6.07) is 11.3. The van der Waals surface area contributed by atoms with E-state index in [0.717, 1.165) is 16.3 Å². The summed E-state index contributed by atoms with van der Waals surface area (Å²) in [6.07, 6.45) is 3.06. The van der Waals surface area contributed by atoms with E-state index >= 15 is 0 Å². The average molecular weight is 285 g/mol. The Morgan fingerprint density at radius 2 is 2.05 bits per heavy atom. The molecule has 0 fully saturated rings. The van der Waals surface area contributed by atoms with E-state index in [2.05, 4.69) is 4.98 Å². The topological polar surface area (TPSA) is 64.1 Å². The van der Waals surface area contributed by atoms with Gasteiger partial charge in [0.25, 0.3) is 0 Å². The van der Waals surface area contributed by atoms with Crippen LogP contribution in [0.25, 0.3) is 10.7 Å². The molecule has 0 aliphatic carbocycles. The summed E-state index contributed by atoms with van der Waals surface area (Å²) < 4.78 is 1.97. The van der Waals surface area contributed by atoms with Gasteiger partial charge in [-0.15, -0.1) is 11.3 Å². The summed E-state index contributed by atoms with van der Waals surface area (Å²) in [5.74, 6) is 0.884. The highest BCUT2D eigenvalue weighted by molar-refractivity contribution is 7.13. The van der Waals surface area contributed by atoms with Gasteiger partial charge in [0.2, 0.25) is 0 Å². The Labute approximate surface area is 121 Å². The van der Waals surface area contributed by atoms with Crippen molar-refractivity contribution in [2.24, 2.45) is 0 Å². The zero-order chi connectivity index (χ0) is 13.9. The molecule has 0 amide bonds. The quantitative estimate of drug-likeness (QED) is 0.724. The number of hydrogen-bond acceptors (Lipinski definition) is 4. The smallest absolute Gasteiger partial charge is 0.150 e. The fraction of sp³-hybridized carbons (Fsp3) is 0.133. The number of aliphatic hydroxyl groups excluding tert-OH is 1. The van der Waals surface area contributed by atoms with Crippen LogP contribution < -0.4 is 5.73 Å². The van der Waals surface area contributed by atoms with Crippen LogP contribution in [0.3, 0.4) is 0 Å². The third kappa shape index (κ3) is 2.59. The van der Waals surface area contributed by atoms with Crippen LogP contribution >= 0.6 is 11.3 Å². The summed E-state index contributed by atoms with van der Waals surface area (Å²) in [7, 11) is 0. The minimum absolute atomic E-state index is 0.469. The first-order chi connectivity index (χ1) is 9.74. The molecule has 3 rings (SSSR count). The van der Waals surface area contributed by atoms with E-state index < -0.39 is 6.10 Å². The number of rotatable bonds is 4. The molecule has 5 heteroatoms. The van der Waals surface area contributed by atoms with Gasteiger partial charge in [0.1, 0.15) is 5.82 Å². The Morgan fingerprint density at radius 3 is 2.75 bits per heavy atom. The van der Waals surface area contributed by atoms with Crippen LogP contribution in [0.5, 0.6) is 0 Å². The van der Waals surface area contributed by atoms with Crippen molar-refractivity contribution in [1.29, 1.82) is 0 Å². The molecule has 0 saturated carbocycles. The lowest BCUT2D eigenvalue weighted by Gasteiger charge is -2.13. The van der Waals surface area contributed by atoms with Crippen LogP contribution in [-0.4, -0.2) is 14.7 Å². The van der Waals surface area contributed by atoms with Crippen molar-refractivity contribution in [2.45, 2.75) is 12.6 Å². The number of imidazole rings is 1. The van der Waals surface area contributed by atoms with Crippen LogP contribution in [0, 0.1) is 0 Å². The number of hydrogen-bond donors (Lipinski definition) is 2. The molecular weight excluding hydrogens is 270 g/mol. The van der Waals surface area contributed by atoms with E-state index in [1.165, 1.54) is 0 Å². The first kappa shape index (κ1) is 12.9. The maximum absolute atomic E-state index is 10.3. The second-order valence-corrected chi connectivity index (χ2v) is 5.51. The molecule has 2 aromatic heterocycles. The molecule has 0 saturated heterocycles. The highest BCUT2D eigenvalue weighted by Crippen LogP contribution is 2.25. The van der Waals surface area contributed by atoms with E-state index in [4.69, 9.17) is 5.73 Å². The van der Waals surface area contributed by atoms with Crippen molar-refractivity contribution < 1.29 is 5.11 Å². The van der Waals surface area contributed by atoms with Gasteiger partial charge < -0.3 is 15.4 Å². The minimum atomic E-state index is -0.580. The molecule has 0 aliphatic rings. The molecule has 0 bridgehead atoms. The lowest BCUT2D eigenvalue weighted by molar-refractivity contribution is 0.157. The van der Waals surface area contributed by atoms with Crippen molar-refractivity contribution in [1.82, 2.24) is 9.55 Å². The van der Waals surface area contributed by atoms with Gasteiger partial charge in [-0.3, -0.25) is 0 Å². The summed E-state index contributed by atoms with van der Waals surface area (Å²) in [5.41, 5.74) is 7.20. The number of anilines is 1. The van der Waals surface area contributed by atoms with Gasteiger partial charge in [-0.05, 0) is 29.1 Å². The van der Waals surface area contributed by atoms with E-state index in [1.54, 1.807) is 29.7 Å². The van der Waals surface area contributed by atoms with Crippen molar-refractivity contribution in [3.8, 4) is 10.7 Å². The van der Waals surface area contributed by atoms with Gasteiger partial charge in [-0.1, -0.05) is 18.2 Å². The van der Waals surface area contributed by atoms with Gasteiger partial charge in [-0.2, -0.15) is 0 Å². The van der Waals surface area contributed by atoms with Crippen LogP contribution in [0.2, 0.25) is 0 Å². The van der Waals surface area contributed by atoms with E-state index in [1.807, 2.05) is 40.4 Å². The van der Waals surface area contributed by atoms with Gasteiger partial charge in [0, 0.05) is 18.1 Å². The average Bonchev–Trinajstić information content (AvgIpc) is 3.09. The Balaban J connectivity index is 1.81. The Kier molecular flexibility index (Phi) is 3.54. The normalized spacial score (nSPS) is 12.4. The molecule has 102 valence electrons. The van der Waals surface area contributed by atoms with Gasteiger partial charge in [0.05, 0.1) is 17.5 Å². The fourth-order valence-corrected chi connectivity index (χ4v) is 2.83. The molecule has 0 aliphatic heterocycles. The molecule has 1 aromatic carbocycles. The SMILES string of the molecule is Nc1ccc(C(O)Cn2ccnc2-c2cccs2)cc1. The van der Waals surface area contributed by atoms with Crippen LogP contribution in [0.1, 0.15) is 11.7 Å². The molecule has 20 heavy (non-hydrogen) atoms. The second-order valence-electron chi connectivity index (χ2n) is 4.56. The molecule has 3 aromatic rings.